The highest BCUT2D eigenvalue weighted by Gasteiger charge is 2.45. The summed E-state index contributed by atoms with van der Waals surface area (Å²) in [6.07, 6.45) is -5.15. The van der Waals surface area contributed by atoms with Crippen molar-refractivity contribution in [1.29, 1.82) is 0 Å². The fourth-order valence-electron chi connectivity index (χ4n) is 2.51. The second-order valence-corrected chi connectivity index (χ2v) is 5.76. The molecule has 4 atom stereocenters. The SMILES string of the molecule is O=C(OC[C@@H]1O[C@@H](OC(=O)c2ccccc2)[C@@H](O)[C@H]1O)c1ccccc1. The van der Waals surface area contributed by atoms with Gasteiger partial charge in [-0.2, -0.15) is 0 Å². The third-order valence-corrected chi connectivity index (χ3v) is 3.94. The molecule has 0 unspecified atom stereocenters. The number of aliphatic hydroxyl groups is 2. The van der Waals surface area contributed by atoms with Gasteiger partial charge in [-0.3, -0.25) is 0 Å². The van der Waals surface area contributed by atoms with E-state index in [0.717, 1.165) is 0 Å². The average molecular weight is 358 g/mol. The van der Waals surface area contributed by atoms with Gasteiger partial charge in [0.25, 0.3) is 0 Å². The molecule has 2 N–H and O–H groups in total. The lowest BCUT2D eigenvalue weighted by molar-refractivity contribution is -0.139. The summed E-state index contributed by atoms with van der Waals surface area (Å²) in [5, 5.41) is 20.1. The predicted octanol–water partition coefficient (Wildman–Crippen LogP) is 1.15. The van der Waals surface area contributed by atoms with Crippen LogP contribution in [0.5, 0.6) is 0 Å². The third kappa shape index (κ3) is 4.08. The van der Waals surface area contributed by atoms with E-state index in [1.54, 1.807) is 60.7 Å². The fourth-order valence-corrected chi connectivity index (χ4v) is 2.51. The molecule has 1 aliphatic rings. The van der Waals surface area contributed by atoms with E-state index < -0.39 is 36.5 Å². The van der Waals surface area contributed by atoms with Gasteiger partial charge in [-0.05, 0) is 24.3 Å². The Morgan fingerprint density at radius 1 is 0.846 bits per heavy atom. The van der Waals surface area contributed by atoms with Crippen molar-refractivity contribution in [2.24, 2.45) is 0 Å². The molecule has 2 aromatic carbocycles. The molecule has 7 nitrogen and oxygen atoms in total. The largest absolute Gasteiger partial charge is 0.459 e. The van der Waals surface area contributed by atoms with Crippen LogP contribution in [-0.2, 0) is 14.2 Å². The van der Waals surface area contributed by atoms with Crippen molar-refractivity contribution < 1.29 is 34.0 Å². The van der Waals surface area contributed by atoms with Crippen LogP contribution < -0.4 is 0 Å². The van der Waals surface area contributed by atoms with Gasteiger partial charge in [0.2, 0.25) is 6.29 Å². The first-order chi connectivity index (χ1) is 12.6. The van der Waals surface area contributed by atoms with Crippen molar-refractivity contribution in [2.45, 2.75) is 24.6 Å². The van der Waals surface area contributed by atoms with E-state index in [9.17, 15) is 19.8 Å². The van der Waals surface area contributed by atoms with Gasteiger partial charge < -0.3 is 24.4 Å². The lowest BCUT2D eigenvalue weighted by Crippen LogP contribution is -2.36. The van der Waals surface area contributed by atoms with Gasteiger partial charge in [-0.15, -0.1) is 0 Å². The summed E-state index contributed by atoms with van der Waals surface area (Å²) in [5.41, 5.74) is 0.643. The van der Waals surface area contributed by atoms with Crippen LogP contribution in [0.2, 0.25) is 0 Å². The number of esters is 2. The summed E-state index contributed by atoms with van der Waals surface area (Å²) in [5.74, 6) is -1.27. The summed E-state index contributed by atoms with van der Waals surface area (Å²) in [7, 11) is 0. The molecule has 0 spiro atoms. The van der Waals surface area contributed by atoms with Crippen LogP contribution in [0.4, 0.5) is 0 Å². The highest BCUT2D eigenvalue weighted by atomic mass is 16.7. The highest BCUT2D eigenvalue weighted by molar-refractivity contribution is 5.89. The van der Waals surface area contributed by atoms with E-state index in [2.05, 4.69) is 0 Å². The molecule has 0 amide bonds. The smallest absolute Gasteiger partial charge is 0.340 e. The molecule has 136 valence electrons. The molecule has 0 saturated carbocycles. The van der Waals surface area contributed by atoms with Crippen molar-refractivity contribution in [3.63, 3.8) is 0 Å². The standard InChI is InChI=1S/C19H18O7/c20-15-14(11-24-17(22)12-7-3-1-4-8-12)25-19(16(15)21)26-18(23)13-9-5-2-6-10-13/h1-10,14-16,19-21H,11H2/t14-,15-,16-,19-/m0/s1. The lowest BCUT2D eigenvalue weighted by atomic mass is 10.1. The molecule has 0 aliphatic carbocycles. The molecule has 0 aromatic heterocycles. The first-order valence-electron chi connectivity index (χ1n) is 8.06. The Balaban J connectivity index is 1.56. The molecule has 1 fully saturated rings. The molecule has 1 aliphatic heterocycles. The van der Waals surface area contributed by atoms with Gasteiger partial charge >= 0.3 is 11.9 Å². The Morgan fingerprint density at radius 2 is 1.38 bits per heavy atom. The zero-order chi connectivity index (χ0) is 18.5. The number of hydrogen-bond donors (Lipinski definition) is 2. The molecule has 0 bridgehead atoms. The summed E-state index contributed by atoms with van der Waals surface area (Å²) >= 11 is 0. The third-order valence-electron chi connectivity index (χ3n) is 3.94. The number of benzene rings is 2. The number of rotatable bonds is 5. The zero-order valence-corrected chi connectivity index (χ0v) is 13.7. The first-order valence-corrected chi connectivity index (χ1v) is 8.06. The van der Waals surface area contributed by atoms with Crippen molar-refractivity contribution in [3.8, 4) is 0 Å². The topological polar surface area (TPSA) is 102 Å². The van der Waals surface area contributed by atoms with Crippen LogP contribution in [0.25, 0.3) is 0 Å². The second kappa shape index (κ2) is 8.09. The van der Waals surface area contributed by atoms with Crippen molar-refractivity contribution in [2.75, 3.05) is 6.61 Å². The Bertz CT molecular complexity index is 747. The molecule has 2 aromatic rings. The molecule has 3 rings (SSSR count). The van der Waals surface area contributed by atoms with Crippen LogP contribution in [0.3, 0.4) is 0 Å². The maximum atomic E-state index is 12.0. The van der Waals surface area contributed by atoms with Gasteiger partial charge in [0, 0.05) is 0 Å². The monoisotopic (exact) mass is 358 g/mol. The first kappa shape index (κ1) is 18.1. The fraction of sp³-hybridized carbons (Fsp3) is 0.263. The Hall–Kier alpha value is -2.74. The van der Waals surface area contributed by atoms with Crippen molar-refractivity contribution >= 4 is 11.9 Å². The Morgan fingerprint density at radius 3 is 1.96 bits per heavy atom. The Kier molecular flexibility index (Phi) is 5.62. The van der Waals surface area contributed by atoms with Crippen LogP contribution in [0.15, 0.2) is 60.7 Å². The lowest BCUT2D eigenvalue weighted by Gasteiger charge is -2.15. The minimum absolute atomic E-state index is 0.286. The number of carbonyl (C=O) groups is 2. The summed E-state index contributed by atoms with van der Waals surface area (Å²) in [6, 6.07) is 16.5. The maximum Gasteiger partial charge on any atom is 0.340 e. The van der Waals surface area contributed by atoms with Crippen LogP contribution >= 0.6 is 0 Å². The second-order valence-electron chi connectivity index (χ2n) is 5.76. The Labute approximate surface area is 149 Å². The molecule has 1 heterocycles. The number of carbonyl (C=O) groups excluding carboxylic acids is 2. The minimum Gasteiger partial charge on any atom is -0.459 e. The van der Waals surface area contributed by atoms with E-state index >= 15 is 0 Å². The van der Waals surface area contributed by atoms with Gasteiger partial charge in [-0.1, -0.05) is 36.4 Å². The number of aliphatic hydroxyl groups excluding tert-OH is 2. The predicted molar refractivity (Wildman–Crippen MR) is 89.3 cm³/mol. The van der Waals surface area contributed by atoms with Gasteiger partial charge in [0.1, 0.15) is 24.9 Å². The summed E-state index contributed by atoms with van der Waals surface area (Å²) < 4.78 is 15.5. The van der Waals surface area contributed by atoms with Crippen molar-refractivity contribution in [3.05, 3.63) is 71.8 Å². The van der Waals surface area contributed by atoms with Crippen LogP contribution in [0, 0.1) is 0 Å². The molecule has 1 saturated heterocycles. The zero-order valence-electron chi connectivity index (χ0n) is 13.7. The quantitative estimate of drug-likeness (QED) is 0.773. The summed E-state index contributed by atoms with van der Waals surface area (Å²) in [6.45, 7) is -0.286. The van der Waals surface area contributed by atoms with Crippen LogP contribution in [0.1, 0.15) is 20.7 Å². The molecular weight excluding hydrogens is 340 g/mol. The van der Waals surface area contributed by atoms with Gasteiger partial charge in [0.15, 0.2) is 0 Å². The van der Waals surface area contributed by atoms with E-state index in [1.165, 1.54) is 0 Å². The number of ether oxygens (including phenoxy) is 3. The molecule has 0 radical (unpaired) electrons. The van der Waals surface area contributed by atoms with Crippen LogP contribution in [-0.4, -0.2) is 53.4 Å². The highest BCUT2D eigenvalue weighted by Crippen LogP contribution is 2.24. The van der Waals surface area contributed by atoms with E-state index in [-0.39, 0.29) is 12.2 Å². The van der Waals surface area contributed by atoms with Gasteiger partial charge in [-0.25, -0.2) is 9.59 Å². The maximum absolute atomic E-state index is 12.0. The molecule has 26 heavy (non-hydrogen) atoms. The molecule has 7 heteroatoms. The number of hydrogen-bond acceptors (Lipinski definition) is 7. The van der Waals surface area contributed by atoms with E-state index in [4.69, 9.17) is 14.2 Å². The van der Waals surface area contributed by atoms with Crippen molar-refractivity contribution in [1.82, 2.24) is 0 Å². The summed E-state index contributed by atoms with van der Waals surface area (Å²) in [4.78, 5) is 24.0. The van der Waals surface area contributed by atoms with E-state index in [1.807, 2.05) is 0 Å². The minimum atomic E-state index is -1.44. The van der Waals surface area contributed by atoms with Gasteiger partial charge in [0.05, 0.1) is 11.1 Å². The average Bonchev–Trinajstić information content (AvgIpc) is 2.95. The normalized spacial score (nSPS) is 24.8. The molecular formula is C19H18O7. The van der Waals surface area contributed by atoms with E-state index in [0.29, 0.717) is 5.56 Å².